The second-order valence-corrected chi connectivity index (χ2v) is 8.56. The molecule has 0 N–H and O–H groups in total. The Bertz CT molecular complexity index is 1500. The third-order valence-electron chi connectivity index (χ3n) is 5.80. The maximum atomic E-state index is 10.6. The molecule has 170 valence electrons. The largest absolute Gasteiger partial charge is 1.00 e. The van der Waals surface area contributed by atoms with Gasteiger partial charge < -0.3 is 19.2 Å². The summed E-state index contributed by atoms with van der Waals surface area (Å²) in [6.45, 7) is 0.954. The van der Waals surface area contributed by atoms with Gasteiger partial charge in [-0.05, 0) is 65.6 Å². The van der Waals surface area contributed by atoms with Crippen molar-refractivity contribution in [3.05, 3.63) is 95.5 Å². The van der Waals surface area contributed by atoms with E-state index in [0.29, 0.717) is 25.3 Å². The molecule has 0 amide bonds. The average Bonchev–Trinajstić information content (AvgIpc) is 3.21. The van der Waals surface area contributed by atoms with Gasteiger partial charge in [0.05, 0.1) is 24.2 Å². The van der Waals surface area contributed by atoms with Crippen molar-refractivity contribution in [3.63, 3.8) is 0 Å². The number of nitrogens with zero attached hydrogens (tertiary/aromatic N) is 2. The van der Waals surface area contributed by atoms with Gasteiger partial charge in [-0.3, -0.25) is 0 Å². The standard InChI is InChI=1S/C28H23ClN2O3.Na/c29-24-7-2-1-6-22(24)18-31-26-9-4-3-8-25(26)30-28(31)21-12-11-20-17-23(14-13-19(20)16-21)34-15-5-10-27(32)33;/h1-4,6-9,11-14,16-17H,5,10,15,18H2,(H,32,33);/q;+1/p-1. The van der Waals surface area contributed by atoms with Gasteiger partial charge in [0.15, 0.2) is 0 Å². The summed E-state index contributed by atoms with van der Waals surface area (Å²) in [5.41, 5.74) is 4.04. The molecule has 0 aliphatic rings. The predicted molar refractivity (Wildman–Crippen MR) is 133 cm³/mol. The summed E-state index contributed by atoms with van der Waals surface area (Å²) in [5, 5.41) is 13.4. The van der Waals surface area contributed by atoms with Crippen LogP contribution in [-0.2, 0) is 11.3 Å². The van der Waals surface area contributed by atoms with Gasteiger partial charge in [-0.1, -0.05) is 60.1 Å². The molecule has 7 heteroatoms. The van der Waals surface area contributed by atoms with Crippen LogP contribution in [0.15, 0.2) is 84.9 Å². The Balaban J connectivity index is 0.00000289. The molecule has 0 aliphatic carbocycles. The van der Waals surface area contributed by atoms with Crippen LogP contribution in [0.25, 0.3) is 33.2 Å². The zero-order valence-corrected chi connectivity index (χ0v) is 22.2. The summed E-state index contributed by atoms with van der Waals surface area (Å²) >= 11 is 6.47. The summed E-state index contributed by atoms with van der Waals surface area (Å²) < 4.78 is 7.90. The zero-order valence-electron chi connectivity index (χ0n) is 19.4. The molecule has 0 saturated heterocycles. The number of hydrogen-bond donors (Lipinski definition) is 0. The monoisotopic (exact) mass is 492 g/mol. The van der Waals surface area contributed by atoms with Crippen molar-refractivity contribution in [2.75, 3.05) is 6.61 Å². The molecule has 0 aliphatic heterocycles. The number of benzene rings is 4. The summed E-state index contributed by atoms with van der Waals surface area (Å²) in [7, 11) is 0. The van der Waals surface area contributed by atoms with E-state index >= 15 is 0 Å². The SMILES string of the molecule is O=C([O-])CCCOc1ccc2cc(-c3nc4ccccc4n3Cc3ccccc3Cl)ccc2c1.[Na+]. The Morgan fingerprint density at radius 1 is 0.943 bits per heavy atom. The number of para-hydroxylation sites is 2. The van der Waals surface area contributed by atoms with E-state index in [-0.39, 0.29) is 36.0 Å². The molecule has 1 heterocycles. The maximum Gasteiger partial charge on any atom is 1.00 e. The first-order valence-electron chi connectivity index (χ1n) is 11.1. The molecule has 0 spiro atoms. The van der Waals surface area contributed by atoms with Crippen molar-refractivity contribution in [1.82, 2.24) is 9.55 Å². The number of carboxylic acids is 1. The van der Waals surface area contributed by atoms with Crippen LogP contribution in [0.3, 0.4) is 0 Å². The summed E-state index contributed by atoms with van der Waals surface area (Å²) in [5.74, 6) is 0.533. The first-order valence-corrected chi connectivity index (χ1v) is 11.5. The fourth-order valence-electron chi connectivity index (χ4n) is 4.11. The van der Waals surface area contributed by atoms with Crippen molar-refractivity contribution in [1.29, 1.82) is 0 Å². The molecule has 0 saturated carbocycles. The molecular formula is C28H22ClN2NaO3. The van der Waals surface area contributed by atoms with E-state index in [4.69, 9.17) is 21.3 Å². The van der Waals surface area contributed by atoms with E-state index in [2.05, 4.69) is 28.8 Å². The van der Waals surface area contributed by atoms with Crippen LogP contribution < -0.4 is 39.4 Å². The number of carbonyl (C=O) groups is 1. The number of halogens is 1. The van der Waals surface area contributed by atoms with Crippen LogP contribution in [0.2, 0.25) is 5.02 Å². The van der Waals surface area contributed by atoms with Crippen molar-refractivity contribution in [2.24, 2.45) is 0 Å². The molecule has 5 rings (SSSR count). The normalized spacial score (nSPS) is 10.9. The van der Waals surface area contributed by atoms with Crippen molar-refractivity contribution in [2.45, 2.75) is 19.4 Å². The first kappa shape index (κ1) is 25.3. The molecule has 5 nitrogen and oxygen atoms in total. The minimum Gasteiger partial charge on any atom is -0.550 e. The number of rotatable bonds is 8. The fourth-order valence-corrected chi connectivity index (χ4v) is 4.31. The minimum absolute atomic E-state index is 0. The molecule has 35 heavy (non-hydrogen) atoms. The Labute approximate surface area is 230 Å². The third-order valence-corrected chi connectivity index (χ3v) is 6.17. The number of aromatic nitrogens is 2. The Kier molecular flexibility index (Phi) is 8.14. The molecule has 5 aromatic rings. The first-order chi connectivity index (χ1) is 16.6. The molecule has 1 aromatic heterocycles. The molecule has 0 radical (unpaired) electrons. The number of carbonyl (C=O) groups excluding carboxylic acids is 1. The zero-order chi connectivity index (χ0) is 23.5. The van der Waals surface area contributed by atoms with Gasteiger partial charge in [-0.15, -0.1) is 0 Å². The molecule has 0 bridgehead atoms. The third kappa shape index (κ3) is 5.71. The average molecular weight is 493 g/mol. The van der Waals surface area contributed by atoms with Crippen molar-refractivity contribution in [3.8, 4) is 17.1 Å². The van der Waals surface area contributed by atoms with E-state index in [9.17, 15) is 9.90 Å². The molecule has 0 atom stereocenters. The Morgan fingerprint density at radius 2 is 1.69 bits per heavy atom. The minimum atomic E-state index is -1.06. The number of hydrogen-bond acceptors (Lipinski definition) is 4. The summed E-state index contributed by atoms with van der Waals surface area (Å²) in [6, 6.07) is 28.1. The van der Waals surface area contributed by atoms with Crippen LogP contribution in [0.4, 0.5) is 0 Å². The summed E-state index contributed by atoms with van der Waals surface area (Å²) in [6.07, 6.45) is 0.410. The van der Waals surface area contributed by atoms with Crippen molar-refractivity contribution < 1.29 is 44.2 Å². The summed E-state index contributed by atoms with van der Waals surface area (Å²) in [4.78, 5) is 15.5. The number of fused-ring (bicyclic) bond motifs is 2. The molecule has 0 unspecified atom stereocenters. The van der Waals surface area contributed by atoms with Crippen LogP contribution >= 0.6 is 11.6 Å². The van der Waals surface area contributed by atoms with Crippen LogP contribution in [-0.4, -0.2) is 22.1 Å². The Morgan fingerprint density at radius 3 is 2.51 bits per heavy atom. The smallest absolute Gasteiger partial charge is 0.550 e. The van der Waals surface area contributed by atoms with E-state index in [1.807, 2.05) is 60.7 Å². The van der Waals surface area contributed by atoms with Gasteiger partial charge in [0.2, 0.25) is 0 Å². The predicted octanol–water partition coefficient (Wildman–Crippen LogP) is 2.47. The topological polar surface area (TPSA) is 67.2 Å². The number of carboxylic acid groups (broad SMARTS) is 1. The number of ether oxygens (including phenoxy) is 1. The van der Waals surface area contributed by atoms with E-state index in [1.165, 1.54) is 0 Å². The van der Waals surface area contributed by atoms with Crippen LogP contribution in [0.1, 0.15) is 18.4 Å². The van der Waals surface area contributed by atoms with E-state index < -0.39 is 5.97 Å². The number of imidazole rings is 1. The van der Waals surface area contributed by atoms with Gasteiger partial charge in [0.1, 0.15) is 11.6 Å². The van der Waals surface area contributed by atoms with Gasteiger partial charge >= 0.3 is 29.6 Å². The van der Waals surface area contributed by atoms with Crippen LogP contribution in [0.5, 0.6) is 5.75 Å². The second-order valence-electron chi connectivity index (χ2n) is 8.15. The van der Waals surface area contributed by atoms with E-state index in [1.54, 1.807) is 0 Å². The fraction of sp³-hybridized carbons (Fsp3) is 0.143. The van der Waals surface area contributed by atoms with Crippen LogP contribution in [0, 0.1) is 0 Å². The van der Waals surface area contributed by atoms with Gasteiger partial charge in [0.25, 0.3) is 0 Å². The van der Waals surface area contributed by atoms with Crippen molar-refractivity contribution >= 4 is 39.4 Å². The number of aliphatic carboxylic acids is 1. The molecular weight excluding hydrogens is 471 g/mol. The van der Waals surface area contributed by atoms with E-state index in [0.717, 1.165) is 43.8 Å². The van der Waals surface area contributed by atoms with Gasteiger partial charge in [-0.2, -0.15) is 0 Å². The maximum absolute atomic E-state index is 10.6. The van der Waals surface area contributed by atoms with Gasteiger partial charge in [-0.25, -0.2) is 4.98 Å². The second kappa shape index (κ2) is 11.3. The Hall–Kier alpha value is -2.83. The van der Waals surface area contributed by atoms with Gasteiger partial charge in [0, 0.05) is 16.6 Å². The molecule has 4 aromatic carbocycles. The molecule has 0 fully saturated rings. The quantitative estimate of drug-likeness (QED) is 0.246.